The van der Waals surface area contributed by atoms with E-state index >= 15 is 0 Å². The van der Waals surface area contributed by atoms with Crippen LogP contribution in [0.1, 0.15) is 5.69 Å². The lowest BCUT2D eigenvalue weighted by Gasteiger charge is -2.03. The Bertz CT molecular complexity index is 1180. The first-order chi connectivity index (χ1) is 13.0. The van der Waals surface area contributed by atoms with Gasteiger partial charge in [-0.1, -0.05) is 12.1 Å². The molecule has 0 N–H and O–H groups in total. The molecular weight excluding hydrogens is 363 g/mol. The van der Waals surface area contributed by atoms with Crippen molar-refractivity contribution < 1.29 is 26.7 Å². The third-order valence-electron chi connectivity index (χ3n) is 3.76. The van der Waals surface area contributed by atoms with E-state index in [9.17, 15) is 18.0 Å². The second-order valence-corrected chi connectivity index (χ2v) is 5.61. The molecule has 2 aromatic heterocycles. The monoisotopic (exact) mass is 373 g/mol. The Morgan fingerprint density at radius 1 is 1.04 bits per heavy atom. The van der Waals surface area contributed by atoms with E-state index in [1.807, 2.05) is 0 Å². The number of oxazole rings is 1. The fourth-order valence-electron chi connectivity index (χ4n) is 2.48. The van der Waals surface area contributed by atoms with Crippen LogP contribution in [0.5, 0.6) is 5.95 Å². The van der Waals surface area contributed by atoms with Gasteiger partial charge in [0.15, 0.2) is 22.9 Å². The molecule has 0 aliphatic heterocycles. The maximum Gasteiger partial charge on any atom is 0.289 e. The summed E-state index contributed by atoms with van der Waals surface area (Å²) >= 11 is 0. The van der Waals surface area contributed by atoms with Gasteiger partial charge in [-0.3, -0.25) is 4.79 Å². The zero-order valence-electron chi connectivity index (χ0n) is 13.5. The number of nitrogens with zero attached hydrogens (tertiary/aromatic N) is 1. The van der Waals surface area contributed by atoms with Crippen LogP contribution in [0.4, 0.5) is 13.2 Å². The van der Waals surface area contributed by atoms with Crippen molar-refractivity contribution in [2.75, 3.05) is 0 Å². The van der Waals surface area contributed by atoms with Gasteiger partial charge in [0.05, 0.1) is 11.5 Å². The summed E-state index contributed by atoms with van der Waals surface area (Å²) in [6.07, 6.45) is 1.22. The number of aromatic nitrogens is 1. The molecule has 27 heavy (non-hydrogen) atoms. The molecule has 5 nitrogen and oxygen atoms in total. The molecule has 136 valence electrons. The fourth-order valence-corrected chi connectivity index (χ4v) is 2.48. The predicted molar refractivity (Wildman–Crippen MR) is 88.6 cm³/mol. The van der Waals surface area contributed by atoms with Gasteiger partial charge < -0.3 is 13.6 Å². The number of rotatable bonds is 4. The van der Waals surface area contributed by atoms with Gasteiger partial charge in [-0.05, 0) is 24.3 Å². The van der Waals surface area contributed by atoms with E-state index in [2.05, 4.69) is 4.98 Å². The van der Waals surface area contributed by atoms with Crippen LogP contribution in [-0.2, 0) is 6.61 Å². The Morgan fingerprint density at radius 3 is 2.56 bits per heavy atom. The van der Waals surface area contributed by atoms with Crippen LogP contribution < -0.4 is 10.2 Å². The van der Waals surface area contributed by atoms with Gasteiger partial charge in [0.1, 0.15) is 24.1 Å². The molecule has 0 atom stereocenters. The van der Waals surface area contributed by atoms with Gasteiger partial charge in [-0.25, -0.2) is 18.2 Å². The van der Waals surface area contributed by atoms with E-state index < -0.39 is 17.5 Å². The lowest BCUT2D eigenvalue weighted by atomic mass is 10.2. The predicted octanol–water partition coefficient (Wildman–Crippen LogP) is 4.44. The molecule has 0 unspecified atom stereocenters. The van der Waals surface area contributed by atoms with Gasteiger partial charge in [0, 0.05) is 5.56 Å². The average molecular weight is 373 g/mol. The van der Waals surface area contributed by atoms with E-state index in [4.69, 9.17) is 13.6 Å². The second-order valence-electron chi connectivity index (χ2n) is 5.61. The van der Waals surface area contributed by atoms with Crippen LogP contribution in [0.15, 0.2) is 62.4 Å². The minimum atomic E-state index is -1.57. The molecule has 0 aliphatic carbocycles. The van der Waals surface area contributed by atoms with Crippen LogP contribution >= 0.6 is 0 Å². The number of fused-ring (bicyclic) bond motifs is 1. The van der Waals surface area contributed by atoms with E-state index in [-0.39, 0.29) is 35.1 Å². The van der Waals surface area contributed by atoms with E-state index in [0.29, 0.717) is 11.0 Å². The molecule has 0 saturated heterocycles. The molecule has 0 amide bonds. The number of halogens is 3. The molecule has 0 aliphatic rings. The van der Waals surface area contributed by atoms with E-state index in [1.54, 1.807) is 24.3 Å². The Balaban J connectivity index is 1.54. The summed E-state index contributed by atoms with van der Waals surface area (Å²) in [5, 5.41) is 0.425. The summed E-state index contributed by atoms with van der Waals surface area (Å²) in [7, 11) is 0. The van der Waals surface area contributed by atoms with Gasteiger partial charge in [-0.15, -0.1) is 0 Å². The summed E-state index contributed by atoms with van der Waals surface area (Å²) in [5.74, 6) is -4.38. The first-order valence-electron chi connectivity index (χ1n) is 7.76. The van der Waals surface area contributed by atoms with Crippen LogP contribution in [0.2, 0.25) is 0 Å². The zero-order chi connectivity index (χ0) is 19.0. The summed E-state index contributed by atoms with van der Waals surface area (Å²) in [5.41, 5.74) is 0.337. The third kappa shape index (κ3) is 3.29. The Hall–Kier alpha value is -3.55. The van der Waals surface area contributed by atoms with Crippen molar-refractivity contribution in [1.29, 1.82) is 0 Å². The first-order valence-corrected chi connectivity index (χ1v) is 7.76. The van der Waals surface area contributed by atoms with Crippen LogP contribution in [0, 0.1) is 17.5 Å². The molecule has 0 saturated carbocycles. The average Bonchev–Trinajstić information content (AvgIpc) is 3.13. The van der Waals surface area contributed by atoms with Crippen LogP contribution in [0.25, 0.3) is 22.4 Å². The highest BCUT2D eigenvalue weighted by atomic mass is 19.2. The molecular formula is C19H10F3NO4. The molecule has 0 radical (unpaired) electrons. The van der Waals surface area contributed by atoms with Gasteiger partial charge in [0.2, 0.25) is 5.89 Å². The van der Waals surface area contributed by atoms with Crippen molar-refractivity contribution >= 4 is 11.0 Å². The van der Waals surface area contributed by atoms with Crippen LogP contribution in [-0.4, -0.2) is 4.98 Å². The quantitative estimate of drug-likeness (QED) is 0.495. The highest BCUT2D eigenvalue weighted by molar-refractivity contribution is 5.76. The number of ether oxygens (including phenoxy) is 1. The molecule has 0 fully saturated rings. The SMILES string of the molecule is O=c1cc(OCc2coc(-c3cc(F)c(F)c(F)c3)n2)oc2ccccc12. The molecule has 4 aromatic rings. The second kappa shape index (κ2) is 6.64. The lowest BCUT2D eigenvalue weighted by molar-refractivity contribution is 0.232. The fraction of sp³-hybridized carbons (Fsp3) is 0.0526. The topological polar surface area (TPSA) is 65.5 Å². The van der Waals surface area contributed by atoms with E-state index in [1.165, 1.54) is 12.3 Å². The standard InChI is InChI=1S/C19H10F3NO4/c20-13-5-10(6-14(21)18(13)22)19-23-11(9-26-19)8-25-17-7-15(24)12-3-1-2-4-16(12)27-17/h1-7,9H,8H2. The van der Waals surface area contributed by atoms with E-state index in [0.717, 1.165) is 12.1 Å². The molecule has 0 spiro atoms. The number of hydrogen-bond donors (Lipinski definition) is 0. The Labute approximate surface area is 149 Å². The smallest absolute Gasteiger partial charge is 0.289 e. The summed E-state index contributed by atoms with van der Waals surface area (Å²) in [4.78, 5) is 16.0. The minimum absolute atomic E-state index is 0.0119. The van der Waals surface area contributed by atoms with Crippen molar-refractivity contribution in [1.82, 2.24) is 4.98 Å². The first kappa shape index (κ1) is 16.9. The highest BCUT2D eigenvalue weighted by Gasteiger charge is 2.15. The molecule has 8 heteroatoms. The Morgan fingerprint density at radius 2 is 1.78 bits per heavy atom. The van der Waals surface area contributed by atoms with Crippen molar-refractivity contribution in [3.8, 4) is 17.4 Å². The van der Waals surface area contributed by atoms with Crippen molar-refractivity contribution in [3.63, 3.8) is 0 Å². The van der Waals surface area contributed by atoms with Crippen molar-refractivity contribution in [3.05, 3.63) is 82.1 Å². The lowest BCUT2D eigenvalue weighted by Crippen LogP contribution is -2.03. The molecule has 2 heterocycles. The molecule has 0 bridgehead atoms. The number of benzene rings is 2. The summed E-state index contributed by atoms with van der Waals surface area (Å²) < 4.78 is 55.7. The zero-order valence-corrected chi connectivity index (χ0v) is 13.5. The molecule has 2 aromatic carbocycles. The summed E-state index contributed by atoms with van der Waals surface area (Å²) in [6.45, 7) is -0.114. The maximum absolute atomic E-state index is 13.3. The Kier molecular flexibility index (Phi) is 4.15. The normalized spacial score (nSPS) is 11.1. The van der Waals surface area contributed by atoms with Gasteiger partial charge in [0.25, 0.3) is 5.95 Å². The largest absolute Gasteiger partial charge is 0.458 e. The third-order valence-corrected chi connectivity index (χ3v) is 3.76. The number of hydrogen-bond acceptors (Lipinski definition) is 5. The summed E-state index contributed by atoms with van der Waals surface area (Å²) in [6, 6.07) is 9.46. The van der Waals surface area contributed by atoms with Gasteiger partial charge >= 0.3 is 0 Å². The van der Waals surface area contributed by atoms with Crippen molar-refractivity contribution in [2.45, 2.75) is 6.61 Å². The minimum Gasteiger partial charge on any atom is -0.458 e. The molecule has 4 rings (SSSR count). The van der Waals surface area contributed by atoms with Crippen LogP contribution in [0.3, 0.4) is 0 Å². The number of para-hydroxylation sites is 1. The maximum atomic E-state index is 13.3. The van der Waals surface area contributed by atoms with Gasteiger partial charge in [-0.2, -0.15) is 0 Å². The van der Waals surface area contributed by atoms with Crippen molar-refractivity contribution in [2.24, 2.45) is 0 Å². The highest BCUT2D eigenvalue weighted by Crippen LogP contribution is 2.24.